The van der Waals surface area contributed by atoms with Crippen LogP contribution in [0, 0.1) is 0 Å². The van der Waals surface area contributed by atoms with Crippen LogP contribution in [0.2, 0.25) is 0 Å². The molecule has 0 bridgehead atoms. The predicted octanol–water partition coefficient (Wildman–Crippen LogP) is 2.98. The first-order chi connectivity index (χ1) is 9.31. The average Bonchev–Trinajstić information content (AvgIpc) is 2.48. The first-order valence-corrected chi connectivity index (χ1v) is 6.59. The van der Waals surface area contributed by atoms with Gasteiger partial charge in [-0.1, -0.05) is 18.2 Å². The lowest BCUT2D eigenvalue weighted by atomic mass is 10.1. The van der Waals surface area contributed by atoms with Gasteiger partial charge < -0.3 is 10.1 Å². The minimum Gasteiger partial charge on any atom is -0.493 e. The number of hydrogen-bond donors (Lipinski definition) is 1. The van der Waals surface area contributed by atoms with E-state index in [0.717, 1.165) is 12.2 Å². The van der Waals surface area contributed by atoms with Crippen molar-refractivity contribution in [3.05, 3.63) is 59.9 Å². The van der Waals surface area contributed by atoms with Crippen molar-refractivity contribution in [2.75, 3.05) is 13.7 Å². The summed E-state index contributed by atoms with van der Waals surface area (Å²) < 4.78 is 5.90. The lowest BCUT2D eigenvalue weighted by molar-refractivity contribution is 0.315. The summed E-state index contributed by atoms with van der Waals surface area (Å²) in [4.78, 5) is 4.01. The molecule has 0 aliphatic heterocycles. The first kappa shape index (κ1) is 13.6. The molecule has 0 spiro atoms. The van der Waals surface area contributed by atoms with Crippen LogP contribution in [0.5, 0.6) is 5.75 Å². The molecule has 2 aromatic rings. The van der Waals surface area contributed by atoms with Crippen molar-refractivity contribution in [1.29, 1.82) is 0 Å². The molecule has 1 heterocycles. The molecule has 0 aliphatic carbocycles. The standard InChI is InChI=1S/C16H20N2O/c1-13(17-2)15-5-3-4-6-16(15)19-12-9-14-7-10-18-11-8-14/h3-8,10-11,13,17H,9,12H2,1-2H3. The summed E-state index contributed by atoms with van der Waals surface area (Å²) in [6.45, 7) is 2.81. The van der Waals surface area contributed by atoms with Gasteiger partial charge in [-0.15, -0.1) is 0 Å². The lowest BCUT2D eigenvalue weighted by Crippen LogP contribution is -2.14. The maximum absolute atomic E-state index is 5.90. The second-order valence-electron chi connectivity index (χ2n) is 4.50. The van der Waals surface area contributed by atoms with Crippen molar-refractivity contribution >= 4 is 0 Å². The number of pyridine rings is 1. The largest absolute Gasteiger partial charge is 0.493 e. The Morgan fingerprint density at radius 2 is 1.89 bits per heavy atom. The van der Waals surface area contributed by atoms with Crippen LogP contribution < -0.4 is 10.1 Å². The Bertz CT molecular complexity index is 499. The molecule has 19 heavy (non-hydrogen) atoms. The summed E-state index contributed by atoms with van der Waals surface area (Å²) in [6, 6.07) is 12.5. The normalized spacial score (nSPS) is 12.1. The molecule has 0 saturated carbocycles. The molecule has 1 aromatic carbocycles. The monoisotopic (exact) mass is 256 g/mol. The number of aromatic nitrogens is 1. The molecule has 0 aliphatic rings. The zero-order chi connectivity index (χ0) is 13.5. The third-order valence-electron chi connectivity index (χ3n) is 3.22. The summed E-state index contributed by atoms with van der Waals surface area (Å²) in [5, 5.41) is 3.24. The fourth-order valence-electron chi connectivity index (χ4n) is 1.95. The molecule has 1 atom stereocenters. The number of ether oxygens (including phenoxy) is 1. The van der Waals surface area contributed by atoms with E-state index in [2.05, 4.69) is 23.3 Å². The van der Waals surface area contributed by atoms with E-state index in [1.54, 1.807) is 0 Å². The maximum Gasteiger partial charge on any atom is 0.124 e. The summed E-state index contributed by atoms with van der Waals surface area (Å²) in [5.74, 6) is 0.957. The zero-order valence-corrected chi connectivity index (χ0v) is 11.5. The van der Waals surface area contributed by atoms with Gasteiger partial charge in [0.25, 0.3) is 0 Å². The van der Waals surface area contributed by atoms with Gasteiger partial charge >= 0.3 is 0 Å². The highest BCUT2D eigenvalue weighted by atomic mass is 16.5. The third kappa shape index (κ3) is 3.80. The third-order valence-corrected chi connectivity index (χ3v) is 3.22. The Morgan fingerprint density at radius 3 is 2.63 bits per heavy atom. The molecule has 0 fully saturated rings. The zero-order valence-electron chi connectivity index (χ0n) is 11.5. The van der Waals surface area contributed by atoms with Gasteiger partial charge in [0.05, 0.1) is 6.61 Å². The minimum atomic E-state index is 0.289. The highest BCUT2D eigenvalue weighted by Crippen LogP contribution is 2.24. The fraction of sp³-hybridized carbons (Fsp3) is 0.312. The second kappa shape index (κ2) is 6.90. The van der Waals surface area contributed by atoms with Crippen LogP contribution in [0.1, 0.15) is 24.1 Å². The van der Waals surface area contributed by atoms with E-state index in [1.807, 2.05) is 49.8 Å². The van der Waals surface area contributed by atoms with Crippen LogP contribution in [-0.4, -0.2) is 18.6 Å². The quantitative estimate of drug-likeness (QED) is 0.862. The Labute approximate surface area is 114 Å². The van der Waals surface area contributed by atoms with E-state index in [-0.39, 0.29) is 6.04 Å². The Kier molecular flexibility index (Phi) is 4.93. The van der Waals surface area contributed by atoms with Gasteiger partial charge in [0.2, 0.25) is 0 Å². The summed E-state index contributed by atoms with van der Waals surface area (Å²) in [6.07, 6.45) is 4.52. The molecule has 1 N–H and O–H groups in total. The molecule has 3 nitrogen and oxygen atoms in total. The minimum absolute atomic E-state index is 0.289. The van der Waals surface area contributed by atoms with Crippen LogP contribution in [0.25, 0.3) is 0 Å². The molecule has 2 rings (SSSR count). The van der Waals surface area contributed by atoms with E-state index < -0.39 is 0 Å². The number of nitrogens with zero attached hydrogens (tertiary/aromatic N) is 1. The summed E-state index contributed by atoms with van der Waals surface area (Å²) in [7, 11) is 1.96. The van der Waals surface area contributed by atoms with E-state index in [9.17, 15) is 0 Å². The Hall–Kier alpha value is -1.87. The fourth-order valence-corrected chi connectivity index (χ4v) is 1.95. The summed E-state index contributed by atoms with van der Waals surface area (Å²) in [5.41, 5.74) is 2.44. The number of benzene rings is 1. The Balaban J connectivity index is 1.96. The SMILES string of the molecule is CNC(C)c1ccccc1OCCc1ccncc1. The average molecular weight is 256 g/mol. The molecular formula is C16H20N2O. The van der Waals surface area contributed by atoms with Gasteiger partial charge in [-0.3, -0.25) is 4.98 Å². The van der Waals surface area contributed by atoms with Crippen LogP contribution in [0.4, 0.5) is 0 Å². The number of para-hydroxylation sites is 1. The highest BCUT2D eigenvalue weighted by Gasteiger charge is 2.08. The van der Waals surface area contributed by atoms with E-state index in [1.165, 1.54) is 11.1 Å². The van der Waals surface area contributed by atoms with Crippen molar-refractivity contribution < 1.29 is 4.74 Å². The van der Waals surface area contributed by atoms with Crippen molar-refractivity contribution in [2.45, 2.75) is 19.4 Å². The van der Waals surface area contributed by atoms with Crippen molar-refractivity contribution in [2.24, 2.45) is 0 Å². The van der Waals surface area contributed by atoms with Crippen molar-refractivity contribution in [3.63, 3.8) is 0 Å². The van der Waals surface area contributed by atoms with Gasteiger partial charge in [-0.2, -0.15) is 0 Å². The van der Waals surface area contributed by atoms with Gasteiger partial charge in [0, 0.05) is 30.4 Å². The molecule has 1 unspecified atom stereocenters. The van der Waals surface area contributed by atoms with E-state index in [0.29, 0.717) is 6.61 Å². The molecule has 0 radical (unpaired) electrons. The lowest BCUT2D eigenvalue weighted by Gasteiger charge is -2.16. The molecule has 3 heteroatoms. The highest BCUT2D eigenvalue weighted by molar-refractivity contribution is 5.35. The van der Waals surface area contributed by atoms with Gasteiger partial charge in [0.1, 0.15) is 5.75 Å². The molecule has 0 amide bonds. The molecule has 1 aromatic heterocycles. The summed E-state index contributed by atoms with van der Waals surface area (Å²) >= 11 is 0. The maximum atomic E-state index is 5.90. The van der Waals surface area contributed by atoms with Crippen LogP contribution in [0.15, 0.2) is 48.8 Å². The second-order valence-corrected chi connectivity index (χ2v) is 4.50. The van der Waals surface area contributed by atoms with Gasteiger partial charge in [-0.25, -0.2) is 0 Å². The molecular weight excluding hydrogens is 236 g/mol. The molecule has 0 saturated heterocycles. The van der Waals surface area contributed by atoms with Crippen molar-refractivity contribution in [1.82, 2.24) is 10.3 Å². The first-order valence-electron chi connectivity index (χ1n) is 6.59. The number of nitrogens with one attached hydrogen (secondary N) is 1. The molecule has 100 valence electrons. The van der Waals surface area contributed by atoms with Gasteiger partial charge in [-0.05, 0) is 37.7 Å². The van der Waals surface area contributed by atoms with E-state index in [4.69, 9.17) is 4.74 Å². The topological polar surface area (TPSA) is 34.1 Å². The van der Waals surface area contributed by atoms with Crippen LogP contribution >= 0.6 is 0 Å². The number of rotatable bonds is 6. The van der Waals surface area contributed by atoms with Crippen LogP contribution in [0.3, 0.4) is 0 Å². The number of hydrogen-bond acceptors (Lipinski definition) is 3. The predicted molar refractivity (Wildman–Crippen MR) is 77.4 cm³/mol. The van der Waals surface area contributed by atoms with Crippen molar-refractivity contribution in [3.8, 4) is 5.75 Å². The Morgan fingerprint density at radius 1 is 1.16 bits per heavy atom. The van der Waals surface area contributed by atoms with Crippen LogP contribution in [-0.2, 0) is 6.42 Å². The van der Waals surface area contributed by atoms with Gasteiger partial charge in [0.15, 0.2) is 0 Å². The smallest absolute Gasteiger partial charge is 0.124 e. The van der Waals surface area contributed by atoms with E-state index >= 15 is 0 Å².